The Balaban J connectivity index is 2.27. The fourth-order valence-electron chi connectivity index (χ4n) is 2.83. The van der Waals surface area contributed by atoms with E-state index < -0.39 is 0 Å². The first-order valence-corrected chi connectivity index (χ1v) is 7.11. The maximum absolute atomic E-state index is 12.0. The Morgan fingerprint density at radius 1 is 1.21 bits per heavy atom. The molecule has 0 atom stereocenters. The fourth-order valence-corrected chi connectivity index (χ4v) is 2.83. The standard InChI is InChI=1S/C16H22O3/c1-12(16(18)19-11-10-17)15(13-6-2-3-7-13)14-8-4-5-9-14/h6,8,17H,2-5,7,9-11H2,1H3. The number of aliphatic hydroxyl groups excluding tert-OH is 1. The third-order valence-corrected chi connectivity index (χ3v) is 3.73. The molecule has 1 N–H and O–H groups in total. The first-order chi connectivity index (χ1) is 9.24. The molecule has 0 heterocycles. The smallest absolute Gasteiger partial charge is 0.334 e. The lowest BCUT2D eigenvalue weighted by Gasteiger charge is -2.14. The Kier molecular flexibility index (Phi) is 4.97. The molecule has 0 amide bonds. The average molecular weight is 262 g/mol. The van der Waals surface area contributed by atoms with Crippen LogP contribution in [-0.2, 0) is 9.53 Å². The molecule has 0 aromatic rings. The van der Waals surface area contributed by atoms with Crippen molar-refractivity contribution in [3.63, 3.8) is 0 Å². The first-order valence-electron chi connectivity index (χ1n) is 7.11. The number of esters is 1. The summed E-state index contributed by atoms with van der Waals surface area (Å²) in [6.07, 6.45) is 11.1. The first kappa shape index (κ1) is 14.1. The van der Waals surface area contributed by atoms with E-state index in [1.807, 2.05) is 6.92 Å². The van der Waals surface area contributed by atoms with Crippen LogP contribution in [0.3, 0.4) is 0 Å². The predicted octanol–water partition coefficient (Wildman–Crippen LogP) is 3.06. The van der Waals surface area contributed by atoms with Gasteiger partial charge in [0.25, 0.3) is 0 Å². The maximum atomic E-state index is 12.0. The van der Waals surface area contributed by atoms with Gasteiger partial charge >= 0.3 is 5.97 Å². The van der Waals surface area contributed by atoms with E-state index in [0.717, 1.165) is 31.3 Å². The van der Waals surface area contributed by atoms with E-state index in [0.29, 0.717) is 5.57 Å². The third kappa shape index (κ3) is 3.35. The molecule has 2 aliphatic rings. The van der Waals surface area contributed by atoms with Crippen molar-refractivity contribution >= 4 is 5.97 Å². The number of carbonyl (C=O) groups is 1. The molecule has 0 aromatic carbocycles. The van der Waals surface area contributed by atoms with E-state index in [1.165, 1.54) is 24.0 Å². The lowest BCUT2D eigenvalue weighted by molar-refractivity contribution is -0.139. The monoisotopic (exact) mass is 262 g/mol. The van der Waals surface area contributed by atoms with E-state index >= 15 is 0 Å². The van der Waals surface area contributed by atoms with Gasteiger partial charge in [-0.05, 0) is 62.2 Å². The van der Waals surface area contributed by atoms with E-state index in [-0.39, 0.29) is 19.2 Å². The minimum atomic E-state index is -0.301. The van der Waals surface area contributed by atoms with Crippen molar-refractivity contribution in [1.82, 2.24) is 0 Å². The van der Waals surface area contributed by atoms with Crippen LogP contribution in [0.2, 0.25) is 0 Å². The molecule has 104 valence electrons. The SMILES string of the molecule is CC(C(=O)OCCO)=C(C1=CCCC1)C1=CCCC1. The quantitative estimate of drug-likeness (QED) is 0.612. The van der Waals surface area contributed by atoms with E-state index in [2.05, 4.69) is 12.2 Å². The van der Waals surface area contributed by atoms with Crippen LogP contribution in [0, 0.1) is 0 Å². The Hall–Kier alpha value is -1.35. The number of ether oxygens (including phenoxy) is 1. The summed E-state index contributed by atoms with van der Waals surface area (Å²) in [6, 6.07) is 0. The summed E-state index contributed by atoms with van der Waals surface area (Å²) in [4.78, 5) is 12.0. The second kappa shape index (κ2) is 6.71. The van der Waals surface area contributed by atoms with Gasteiger partial charge in [0.1, 0.15) is 6.61 Å². The van der Waals surface area contributed by atoms with Crippen molar-refractivity contribution in [2.24, 2.45) is 0 Å². The summed E-state index contributed by atoms with van der Waals surface area (Å²) in [5, 5.41) is 8.74. The summed E-state index contributed by atoms with van der Waals surface area (Å²) in [5.41, 5.74) is 4.39. The molecular formula is C16H22O3. The van der Waals surface area contributed by atoms with Crippen LogP contribution in [0.25, 0.3) is 0 Å². The van der Waals surface area contributed by atoms with Crippen molar-refractivity contribution in [2.75, 3.05) is 13.2 Å². The van der Waals surface area contributed by atoms with Crippen LogP contribution in [0.15, 0.2) is 34.4 Å². The van der Waals surface area contributed by atoms with Gasteiger partial charge in [-0.2, -0.15) is 0 Å². The highest BCUT2D eigenvalue weighted by Gasteiger charge is 2.22. The van der Waals surface area contributed by atoms with Crippen LogP contribution in [0.5, 0.6) is 0 Å². The minimum Gasteiger partial charge on any atom is -0.460 e. The molecule has 3 heteroatoms. The second-order valence-electron chi connectivity index (χ2n) is 5.10. The van der Waals surface area contributed by atoms with Crippen molar-refractivity contribution in [3.8, 4) is 0 Å². The van der Waals surface area contributed by atoms with Gasteiger partial charge in [-0.3, -0.25) is 0 Å². The van der Waals surface area contributed by atoms with Crippen LogP contribution < -0.4 is 0 Å². The Bertz CT molecular complexity index is 415. The van der Waals surface area contributed by atoms with Crippen LogP contribution >= 0.6 is 0 Å². The van der Waals surface area contributed by atoms with Gasteiger partial charge in [-0.15, -0.1) is 0 Å². The molecular weight excluding hydrogens is 240 g/mol. The maximum Gasteiger partial charge on any atom is 0.334 e. The van der Waals surface area contributed by atoms with E-state index in [9.17, 15) is 4.79 Å². The molecule has 0 radical (unpaired) electrons. The van der Waals surface area contributed by atoms with Crippen molar-refractivity contribution in [1.29, 1.82) is 0 Å². The zero-order chi connectivity index (χ0) is 13.7. The minimum absolute atomic E-state index is 0.0710. The summed E-state index contributed by atoms with van der Waals surface area (Å²) in [5.74, 6) is -0.301. The summed E-state index contributed by atoms with van der Waals surface area (Å²) >= 11 is 0. The Morgan fingerprint density at radius 3 is 2.21 bits per heavy atom. The molecule has 0 spiro atoms. The number of hydrogen-bond donors (Lipinski definition) is 1. The molecule has 0 saturated heterocycles. The summed E-state index contributed by atoms with van der Waals surface area (Å²) in [6.45, 7) is 1.79. The van der Waals surface area contributed by atoms with Crippen LogP contribution in [0.4, 0.5) is 0 Å². The van der Waals surface area contributed by atoms with Gasteiger partial charge < -0.3 is 9.84 Å². The van der Waals surface area contributed by atoms with Crippen LogP contribution in [-0.4, -0.2) is 24.3 Å². The van der Waals surface area contributed by atoms with Crippen molar-refractivity contribution in [3.05, 3.63) is 34.4 Å². The highest BCUT2D eigenvalue weighted by molar-refractivity contribution is 5.91. The topological polar surface area (TPSA) is 46.5 Å². The molecule has 0 unspecified atom stereocenters. The van der Waals surface area contributed by atoms with Gasteiger partial charge in [0, 0.05) is 5.57 Å². The zero-order valence-electron chi connectivity index (χ0n) is 11.6. The number of rotatable bonds is 5. The lowest BCUT2D eigenvalue weighted by atomic mass is 9.92. The number of allylic oxidation sites excluding steroid dienone is 5. The molecule has 0 aromatic heterocycles. The average Bonchev–Trinajstić information content (AvgIpc) is 3.09. The van der Waals surface area contributed by atoms with Crippen molar-refractivity contribution in [2.45, 2.75) is 45.4 Å². The molecule has 0 aliphatic heterocycles. The number of carbonyl (C=O) groups excluding carboxylic acids is 1. The zero-order valence-corrected chi connectivity index (χ0v) is 11.6. The van der Waals surface area contributed by atoms with Gasteiger partial charge in [-0.25, -0.2) is 4.79 Å². The molecule has 2 aliphatic carbocycles. The molecule has 19 heavy (non-hydrogen) atoms. The second-order valence-corrected chi connectivity index (χ2v) is 5.10. The third-order valence-electron chi connectivity index (χ3n) is 3.73. The Morgan fingerprint density at radius 2 is 1.79 bits per heavy atom. The highest BCUT2D eigenvalue weighted by atomic mass is 16.5. The Labute approximate surface area is 114 Å². The molecule has 0 bridgehead atoms. The van der Waals surface area contributed by atoms with Gasteiger partial charge in [0.15, 0.2) is 0 Å². The lowest BCUT2D eigenvalue weighted by Crippen LogP contribution is -2.12. The molecule has 2 rings (SSSR count). The summed E-state index contributed by atoms with van der Waals surface area (Å²) in [7, 11) is 0. The largest absolute Gasteiger partial charge is 0.460 e. The number of aliphatic hydroxyl groups is 1. The molecule has 0 saturated carbocycles. The van der Waals surface area contributed by atoms with Gasteiger partial charge in [-0.1, -0.05) is 12.2 Å². The predicted molar refractivity (Wildman–Crippen MR) is 74.6 cm³/mol. The number of hydrogen-bond acceptors (Lipinski definition) is 3. The van der Waals surface area contributed by atoms with E-state index in [1.54, 1.807) is 0 Å². The molecule has 0 fully saturated rings. The van der Waals surface area contributed by atoms with Gasteiger partial charge in [0.2, 0.25) is 0 Å². The van der Waals surface area contributed by atoms with Crippen molar-refractivity contribution < 1.29 is 14.6 Å². The normalized spacial score (nSPS) is 18.0. The molecule has 3 nitrogen and oxygen atoms in total. The highest BCUT2D eigenvalue weighted by Crippen LogP contribution is 2.36. The van der Waals surface area contributed by atoms with Gasteiger partial charge in [0.05, 0.1) is 6.61 Å². The van der Waals surface area contributed by atoms with Crippen LogP contribution in [0.1, 0.15) is 45.4 Å². The fraction of sp³-hybridized carbons (Fsp3) is 0.562. The van der Waals surface area contributed by atoms with E-state index in [4.69, 9.17) is 9.84 Å². The summed E-state index contributed by atoms with van der Waals surface area (Å²) < 4.78 is 5.05.